The van der Waals surface area contributed by atoms with Crippen molar-refractivity contribution < 1.29 is 0 Å². The smallest absolute Gasteiger partial charge is 0.137 e. The third-order valence-corrected chi connectivity index (χ3v) is 11.2. The van der Waals surface area contributed by atoms with Crippen LogP contribution in [0.4, 0.5) is 17.2 Å². The van der Waals surface area contributed by atoms with E-state index in [1.807, 2.05) is 49.1 Å². The van der Waals surface area contributed by atoms with Gasteiger partial charge in [0.25, 0.3) is 0 Å². The molecule has 0 atom stereocenters. The molecule has 0 radical (unpaired) electrons. The van der Waals surface area contributed by atoms with Crippen LogP contribution in [0.1, 0.15) is 0 Å². The van der Waals surface area contributed by atoms with Crippen molar-refractivity contribution in [2.45, 2.75) is 13.1 Å². The second kappa shape index (κ2) is 10.2. The molecule has 41 heavy (non-hydrogen) atoms. The molecule has 4 heterocycles. The van der Waals surface area contributed by atoms with E-state index >= 15 is 0 Å². The highest BCUT2D eigenvalue weighted by Crippen LogP contribution is 2.38. The maximum Gasteiger partial charge on any atom is 0.137 e. The highest BCUT2D eigenvalue weighted by Gasteiger charge is 2.28. The lowest BCUT2D eigenvalue weighted by atomic mass is 10.1. The van der Waals surface area contributed by atoms with Crippen LogP contribution >= 0.6 is 0 Å². The zero-order valence-corrected chi connectivity index (χ0v) is 24.0. The van der Waals surface area contributed by atoms with Crippen molar-refractivity contribution in [1.82, 2.24) is 19.5 Å². The van der Waals surface area contributed by atoms with Crippen LogP contribution < -0.4 is 15.4 Å². The van der Waals surface area contributed by atoms with E-state index in [9.17, 15) is 0 Å². The first-order valence-electron chi connectivity index (χ1n) is 13.8. The zero-order valence-electron chi connectivity index (χ0n) is 23.0. The number of hydrogen-bond acceptors (Lipinski definition) is 4. The summed E-state index contributed by atoms with van der Waals surface area (Å²) in [7, 11) is -2.02. The molecular weight excluding hydrogens is 519 g/mol. The molecule has 5 nitrogen and oxygen atoms in total. The molecule has 0 saturated heterocycles. The van der Waals surface area contributed by atoms with Crippen molar-refractivity contribution >= 4 is 57.6 Å². The molecular formula is C35H29N5Si. The molecule has 4 aromatic heterocycles. The standard InChI is InChI=1S/C35H29N5Si/c1-41(2,35-13-7-9-21-38-35)29-15-17-33-31(25-29)30-24-28(14-16-32(30)40(33)27-18-22-36-23-19-27)39(26-10-4-3-5-11-26)34-12-6-8-20-37-34/h3-25H,1-2H3. The molecule has 6 heteroatoms. The van der Waals surface area contributed by atoms with E-state index in [1.165, 1.54) is 26.8 Å². The summed E-state index contributed by atoms with van der Waals surface area (Å²) in [6.07, 6.45) is 7.45. The summed E-state index contributed by atoms with van der Waals surface area (Å²) >= 11 is 0. The molecule has 0 amide bonds. The predicted molar refractivity (Wildman–Crippen MR) is 172 cm³/mol. The monoisotopic (exact) mass is 547 g/mol. The van der Waals surface area contributed by atoms with Crippen LogP contribution in [0.25, 0.3) is 27.5 Å². The predicted octanol–water partition coefficient (Wildman–Crippen LogP) is 7.26. The second-order valence-electron chi connectivity index (χ2n) is 10.7. The summed E-state index contributed by atoms with van der Waals surface area (Å²) in [6, 6.07) is 40.5. The van der Waals surface area contributed by atoms with Gasteiger partial charge < -0.3 is 4.57 Å². The second-order valence-corrected chi connectivity index (χ2v) is 15.0. The summed E-state index contributed by atoms with van der Waals surface area (Å²) in [6.45, 7) is 4.75. The van der Waals surface area contributed by atoms with Crippen LogP contribution in [0.2, 0.25) is 13.1 Å². The first kappa shape index (κ1) is 24.9. The average molecular weight is 548 g/mol. The minimum Gasteiger partial charge on any atom is -0.309 e. The minimum atomic E-state index is -2.02. The van der Waals surface area contributed by atoms with Crippen molar-refractivity contribution in [3.8, 4) is 5.69 Å². The van der Waals surface area contributed by atoms with Crippen molar-refractivity contribution in [3.63, 3.8) is 0 Å². The first-order valence-corrected chi connectivity index (χ1v) is 16.8. The van der Waals surface area contributed by atoms with Gasteiger partial charge in [-0.15, -0.1) is 0 Å². The summed E-state index contributed by atoms with van der Waals surface area (Å²) in [5, 5.41) is 4.95. The molecule has 7 aromatic rings. The molecule has 0 aliphatic rings. The number of benzene rings is 3. The summed E-state index contributed by atoms with van der Waals surface area (Å²) in [5.74, 6) is 0.875. The van der Waals surface area contributed by atoms with Gasteiger partial charge in [0.1, 0.15) is 13.9 Å². The summed E-state index contributed by atoms with van der Waals surface area (Å²) < 4.78 is 2.34. The van der Waals surface area contributed by atoms with Crippen molar-refractivity contribution in [2.24, 2.45) is 0 Å². The number of hydrogen-bond donors (Lipinski definition) is 0. The Kier molecular flexibility index (Phi) is 6.17. The molecule has 0 aliphatic heterocycles. The van der Waals surface area contributed by atoms with Gasteiger partial charge in [0.05, 0.1) is 11.0 Å². The lowest BCUT2D eigenvalue weighted by molar-refractivity contribution is 1.15. The van der Waals surface area contributed by atoms with E-state index in [2.05, 4.69) is 119 Å². The van der Waals surface area contributed by atoms with Crippen LogP contribution in [0.5, 0.6) is 0 Å². The SMILES string of the molecule is C[Si](C)(c1ccc2c(c1)c1cc(N(c3ccccc3)c3ccccn3)ccc1n2-c1ccncc1)c1ccccn1. The minimum absolute atomic E-state index is 0.875. The lowest BCUT2D eigenvalue weighted by Crippen LogP contribution is -2.54. The Balaban J connectivity index is 1.49. The topological polar surface area (TPSA) is 46.8 Å². The molecule has 198 valence electrons. The normalized spacial score (nSPS) is 11.7. The zero-order chi connectivity index (χ0) is 27.8. The number of pyridine rings is 3. The Morgan fingerprint density at radius 2 is 1.27 bits per heavy atom. The van der Waals surface area contributed by atoms with Gasteiger partial charge in [0.15, 0.2) is 0 Å². The van der Waals surface area contributed by atoms with Gasteiger partial charge in [-0.2, -0.15) is 0 Å². The van der Waals surface area contributed by atoms with Crippen LogP contribution in [-0.4, -0.2) is 27.6 Å². The van der Waals surface area contributed by atoms with Crippen LogP contribution in [0, 0.1) is 0 Å². The molecule has 0 spiro atoms. The van der Waals surface area contributed by atoms with Crippen molar-refractivity contribution in [1.29, 1.82) is 0 Å². The maximum absolute atomic E-state index is 4.76. The highest BCUT2D eigenvalue weighted by atomic mass is 28.3. The number of para-hydroxylation sites is 1. The molecule has 0 bridgehead atoms. The third kappa shape index (κ3) is 4.39. The van der Waals surface area contributed by atoms with E-state index in [0.717, 1.165) is 28.4 Å². The fourth-order valence-electron chi connectivity index (χ4n) is 5.67. The van der Waals surface area contributed by atoms with E-state index in [4.69, 9.17) is 9.97 Å². The van der Waals surface area contributed by atoms with Gasteiger partial charge in [-0.25, -0.2) is 4.98 Å². The van der Waals surface area contributed by atoms with Gasteiger partial charge in [0.2, 0.25) is 0 Å². The number of anilines is 3. The molecule has 0 saturated carbocycles. The van der Waals surface area contributed by atoms with E-state index in [1.54, 1.807) is 0 Å². The van der Waals surface area contributed by atoms with Gasteiger partial charge in [0, 0.05) is 57.9 Å². The fourth-order valence-corrected chi connectivity index (χ4v) is 7.88. The van der Waals surface area contributed by atoms with Gasteiger partial charge in [-0.3, -0.25) is 14.9 Å². The van der Waals surface area contributed by atoms with Crippen molar-refractivity contribution in [3.05, 3.63) is 140 Å². The maximum atomic E-state index is 4.76. The Hall–Kier alpha value is -5.07. The Bertz CT molecular complexity index is 1920. The third-order valence-electron chi connectivity index (χ3n) is 7.85. The lowest BCUT2D eigenvalue weighted by Gasteiger charge is -2.24. The Morgan fingerprint density at radius 1 is 0.585 bits per heavy atom. The largest absolute Gasteiger partial charge is 0.309 e. The van der Waals surface area contributed by atoms with Gasteiger partial charge in [-0.05, 0) is 72.8 Å². The quantitative estimate of drug-likeness (QED) is 0.206. The van der Waals surface area contributed by atoms with Crippen molar-refractivity contribution in [2.75, 3.05) is 4.90 Å². The van der Waals surface area contributed by atoms with E-state index in [0.29, 0.717) is 0 Å². The fraction of sp³-hybridized carbons (Fsp3) is 0.0571. The highest BCUT2D eigenvalue weighted by molar-refractivity contribution is 7.00. The number of rotatable bonds is 6. The molecule has 0 fully saturated rings. The van der Waals surface area contributed by atoms with Gasteiger partial charge >= 0.3 is 0 Å². The summed E-state index contributed by atoms with van der Waals surface area (Å²) in [4.78, 5) is 16.0. The molecule has 3 aromatic carbocycles. The molecule has 7 rings (SSSR count). The van der Waals surface area contributed by atoms with Crippen LogP contribution in [0.3, 0.4) is 0 Å². The molecule has 0 N–H and O–H groups in total. The number of fused-ring (bicyclic) bond motifs is 3. The van der Waals surface area contributed by atoms with Crippen LogP contribution in [0.15, 0.2) is 140 Å². The molecule has 0 aliphatic carbocycles. The Morgan fingerprint density at radius 3 is 1.98 bits per heavy atom. The first-order chi connectivity index (χ1) is 20.1. The summed E-state index contributed by atoms with van der Waals surface area (Å²) in [5.41, 5.74) is 5.53. The van der Waals surface area contributed by atoms with Crippen LogP contribution in [-0.2, 0) is 0 Å². The van der Waals surface area contributed by atoms with Gasteiger partial charge in [-0.1, -0.05) is 60.7 Å². The average Bonchev–Trinajstić information content (AvgIpc) is 3.36. The van der Waals surface area contributed by atoms with E-state index in [-0.39, 0.29) is 0 Å². The Labute approximate surface area is 240 Å². The molecule has 0 unspecified atom stereocenters. The number of aromatic nitrogens is 4. The number of nitrogens with zero attached hydrogens (tertiary/aromatic N) is 5. The van der Waals surface area contributed by atoms with E-state index < -0.39 is 8.07 Å².